The molecule has 1 amide bonds. The summed E-state index contributed by atoms with van der Waals surface area (Å²) in [6.45, 7) is 0.195. The maximum absolute atomic E-state index is 13.4. The molecule has 2 heterocycles. The molecule has 0 spiro atoms. The number of rotatable bonds is 6. The van der Waals surface area contributed by atoms with E-state index in [0.29, 0.717) is 10.8 Å². The van der Waals surface area contributed by atoms with Crippen LogP contribution in [0.15, 0.2) is 63.3 Å². The zero-order valence-electron chi connectivity index (χ0n) is 17.8. The zero-order valence-corrected chi connectivity index (χ0v) is 18.6. The highest BCUT2D eigenvalue weighted by Gasteiger charge is 2.20. The summed E-state index contributed by atoms with van der Waals surface area (Å²) in [4.78, 5) is 42.2. The molecule has 0 aliphatic carbocycles. The third-order valence-electron chi connectivity index (χ3n) is 5.03. The molecule has 0 unspecified atom stereocenters. The summed E-state index contributed by atoms with van der Waals surface area (Å²) in [6, 6.07) is 12.0. The fourth-order valence-corrected chi connectivity index (χ4v) is 4.16. The summed E-state index contributed by atoms with van der Waals surface area (Å²) >= 11 is 1.10. The van der Waals surface area contributed by atoms with Gasteiger partial charge in [0.05, 0.1) is 12.3 Å². The number of nitrogens with one attached hydrogen (secondary N) is 1. The van der Waals surface area contributed by atoms with Crippen molar-refractivity contribution < 1.29 is 14.3 Å². The molecule has 4 aromatic rings. The predicted molar refractivity (Wildman–Crippen MR) is 123 cm³/mol. The Morgan fingerprint density at radius 1 is 1.12 bits per heavy atom. The van der Waals surface area contributed by atoms with Crippen LogP contribution in [0.3, 0.4) is 0 Å². The number of aryl methyl sites for hydroxylation is 1. The predicted octanol–water partition coefficient (Wildman–Crippen LogP) is 2.06. The van der Waals surface area contributed by atoms with Gasteiger partial charge in [0.25, 0.3) is 5.56 Å². The Hall–Kier alpha value is -3.86. The number of carbonyl (C=O) groups excluding carboxylic acids is 1. The van der Waals surface area contributed by atoms with Crippen molar-refractivity contribution in [2.24, 2.45) is 14.1 Å². The number of halogens is 1. The zero-order chi connectivity index (χ0) is 23.7. The topological polar surface area (TPSA) is 111 Å². The number of aromatic hydroxyl groups is 1. The first kappa shape index (κ1) is 22.3. The van der Waals surface area contributed by atoms with Gasteiger partial charge in [0.15, 0.2) is 16.3 Å². The second-order valence-corrected chi connectivity index (χ2v) is 8.31. The van der Waals surface area contributed by atoms with Gasteiger partial charge in [-0.25, -0.2) is 14.2 Å². The van der Waals surface area contributed by atoms with E-state index in [1.54, 1.807) is 28.8 Å². The maximum Gasteiger partial charge on any atom is 0.332 e. The van der Waals surface area contributed by atoms with E-state index in [1.807, 2.05) is 0 Å². The molecule has 0 aliphatic rings. The lowest BCUT2D eigenvalue weighted by Gasteiger charge is -2.10. The van der Waals surface area contributed by atoms with Gasteiger partial charge in [0.1, 0.15) is 11.6 Å². The quantitative estimate of drug-likeness (QED) is 0.418. The lowest BCUT2D eigenvalue weighted by atomic mass is 10.2. The first-order chi connectivity index (χ1) is 15.7. The Bertz CT molecular complexity index is 1470. The summed E-state index contributed by atoms with van der Waals surface area (Å²) in [6.07, 6.45) is 0. The van der Waals surface area contributed by atoms with E-state index in [4.69, 9.17) is 0 Å². The number of fused-ring (bicyclic) bond motifs is 1. The lowest BCUT2D eigenvalue weighted by Crippen LogP contribution is -2.37. The maximum atomic E-state index is 13.4. The molecule has 170 valence electrons. The van der Waals surface area contributed by atoms with Crippen LogP contribution < -0.4 is 16.6 Å². The van der Waals surface area contributed by atoms with E-state index in [-0.39, 0.29) is 40.9 Å². The standard InChI is InChI=1S/C22H20FN5O4S/c1-26-19-18(20(31)27(2)22(26)32)28(11-13-6-8-14(23)9-7-13)21(25-19)33-12-17(30)24-15-4-3-5-16(29)10-15/h3-10,29H,11-12H2,1-2H3,(H,24,30). The van der Waals surface area contributed by atoms with E-state index in [9.17, 15) is 23.9 Å². The molecule has 2 N–H and O–H groups in total. The number of amides is 1. The molecule has 2 aromatic heterocycles. The van der Waals surface area contributed by atoms with Crippen LogP contribution in [0.4, 0.5) is 10.1 Å². The average Bonchev–Trinajstić information content (AvgIpc) is 3.14. The number of hydrogen-bond donors (Lipinski definition) is 2. The summed E-state index contributed by atoms with van der Waals surface area (Å²) < 4.78 is 17.2. The fraction of sp³-hybridized carbons (Fsp3) is 0.182. The van der Waals surface area contributed by atoms with Gasteiger partial charge >= 0.3 is 5.69 Å². The number of phenols is 1. The number of aromatic nitrogens is 4. The van der Waals surface area contributed by atoms with Gasteiger partial charge < -0.3 is 15.0 Å². The van der Waals surface area contributed by atoms with Crippen molar-refractivity contribution in [3.8, 4) is 5.75 Å². The van der Waals surface area contributed by atoms with Crippen molar-refractivity contribution in [2.75, 3.05) is 11.1 Å². The number of nitrogens with zero attached hydrogens (tertiary/aromatic N) is 4. The highest BCUT2D eigenvalue weighted by atomic mass is 32.2. The van der Waals surface area contributed by atoms with Gasteiger partial charge in [-0.2, -0.15) is 0 Å². The van der Waals surface area contributed by atoms with E-state index >= 15 is 0 Å². The second kappa shape index (κ2) is 8.94. The van der Waals surface area contributed by atoms with Gasteiger partial charge in [-0.05, 0) is 29.8 Å². The van der Waals surface area contributed by atoms with Crippen molar-refractivity contribution >= 4 is 34.5 Å². The van der Waals surface area contributed by atoms with Gasteiger partial charge in [-0.15, -0.1) is 0 Å². The van der Waals surface area contributed by atoms with Gasteiger partial charge in [0.2, 0.25) is 5.91 Å². The minimum atomic E-state index is -0.517. The molecule has 2 aromatic carbocycles. The largest absolute Gasteiger partial charge is 0.508 e. The smallest absolute Gasteiger partial charge is 0.332 e. The molecule has 0 bridgehead atoms. The molecule has 0 saturated heterocycles. The van der Waals surface area contributed by atoms with Crippen molar-refractivity contribution in [3.63, 3.8) is 0 Å². The summed E-state index contributed by atoms with van der Waals surface area (Å²) in [5.74, 6) is -0.728. The molecule has 11 heteroatoms. The third kappa shape index (κ3) is 4.53. The van der Waals surface area contributed by atoms with E-state index in [2.05, 4.69) is 10.3 Å². The van der Waals surface area contributed by atoms with Crippen molar-refractivity contribution in [1.82, 2.24) is 18.7 Å². The molecular formula is C22H20FN5O4S. The Kier molecular flexibility index (Phi) is 6.05. The Morgan fingerprint density at radius 3 is 2.55 bits per heavy atom. The lowest BCUT2D eigenvalue weighted by molar-refractivity contribution is -0.113. The first-order valence-electron chi connectivity index (χ1n) is 9.87. The van der Waals surface area contributed by atoms with Crippen molar-refractivity contribution in [3.05, 3.63) is 80.7 Å². The third-order valence-corrected chi connectivity index (χ3v) is 6.01. The minimum Gasteiger partial charge on any atom is -0.508 e. The van der Waals surface area contributed by atoms with E-state index < -0.39 is 11.2 Å². The highest BCUT2D eigenvalue weighted by Crippen LogP contribution is 2.24. The van der Waals surface area contributed by atoms with Crippen LogP contribution in [0.5, 0.6) is 5.75 Å². The Labute approximate surface area is 191 Å². The number of phenolic OH excluding ortho intramolecular Hbond substituents is 1. The number of carbonyl (C=O) groups is 1. The second-order valence-electron chi connectivity index (χ2n) is 7.37. The fourth-order valence-electron chi connectivity index (χ4n) is 3.37. The van der Waals surface area contributed by atoms with E-state index in [1.165, 1.54) is 42.9 Å². The summed E-state index contributed by atoms with van der Waals surface area (Å²) in [5.41, 5.74) is 0.533. The van der Waals surface area contributed by atoms with Crippen LogP contribution in [0.25, 0.3) is 11.2 Å². The molecular weight excluding hydrogens is 449 g/mol. The molecule has 0 saturated carbocycles. The molecule has 9 nitrogen and oxygen atoms in total. The normalized spacial score (nSPS) is 11.1. The molecule has 0 fully saturated rings. The van der Waals surface area contributed by atoms with Crippen LogP contribution in [0.2, 0.25) is 0 Å². The van der Waals surface area contributed by atoms with Crippen molar-refractivity contribution in [2.45, 2.75) is 11.7 Å². The van der Waals surface area contributed by atoms with E-state index in [0.717, 1.165) is 21.9 Å². The van der Waals surface area contributed by atoms with Crippen LogP contribution in [0, 0.1) is 5.82 Å². The molecule has 0 aliphatic heterocycles. The number of benzene rings is 2. The monoisotopic (exact) mass is 469 g/mol. The molecule has 0 atom stereocenters. The van der Waals surface area contributed by atoms with Crippen LogP contribution in [-0.2, 0) is 25.4 Å². The van der Waals surface area contributed by atoms with Gasteiger partial charge in [-0.1, -0.05) is 30.0 Å². The summed E-state index contributed by atoms with van der Waals surface area (Å²) in [7, 11) is 2.90. The van der Waals surface area contributed by atoms with Gasteiger partial charge in [-0.3, -0.25) is 18.7 Å². The number of anilines is 1. The first-order valence-corrected chi connectivity index (χ1v) is 10.9. The molecule has 33 heavy (non-hydrogen) atoms. The van der Waals surface area contributed by atoms with Crippen molar-refractivity contribution in [1.29, 1.82) is 0 Å². The molecule has 0 radical (unpaired) electrons. The summed E-state index contributed by atoms with van der Waals surface area (Å²) in [5, 5.41) is 12.6. The number of thioether (sulfide) groups is 1. The van der Waals surface area contributed by atoms with Crippen LogP contribution in [0.1, 0.15) is 5.56 Å². The SMILES string of the molecule is Cn1c(=O)c2c(nc(SCC(=O)Nc3cccc(O)c3)n2Cc2ccc(F)cc2)n(C)c1=O. The van der Waals surface area contributed by atoms with Gasteiger partial charge in [0, 0.05) is 25.8 Å². The van der Waals surface area contributed by atoms with Crippen LogP contribution >= 0.6 is 11.8 Å². The number of hydrogen-bond acceptors (Lipinski definition) is 6. The average molecular weight is 469 g/mol. The highest BCUT2D eigenvalue weighted by molar-refractivity contribution is 7.99. The molecule has 4 rings (SSSR count). The Morgan fingerprint density at radius 2 is 1.85 bits per heavy atom. The minimum absolute atomic E-state index is 0.0262. The Balaban J connectivity index is 1.70. The number of imidazole rings is 1. The van der Waals surface area contributed by atoms with Crippen LogP contribution in [-0.4, -0.2) is 35.5 Å².